The minimum atomic E-state index is -0.510. The van der Waals surface area contributed by atoms with Gasteiger partial charge in [0.2, 0.25) is 0 Å². The number of amides is 2. The Morgan fingerprint density at radius 2 is 1.67 bits per heavy atom. The van der Waals surface area contributed by atoms with Gasteiger partial charge in [-0.05, 0) is 30.3 Å². The van der Waals surface area contributed by atoms with Gasteiger partial charge in [0, 0.05) is 10.0 Å². The van der Waals surface area contributed by atoms with Crippen LogP contribution in [0.1, 0.15) is 26.3 Å². The first kappa shape index (κ1) is 13.6. The van der Waals surface area contributed by atoms with Crippen LogP contribution in [-0.2, 0) is 0 Å². The molecule has 2 aromatic carbocycles. The highest BCUT2D eigenvalue weighted by Crippen LogP contribution is 2.22. The molecule has 1 aliphatic heterocycles. The Balaban J connectivity index is 1.91. The van der Waals surface area contributed by atoms with Crippen LogP contribution in [0, 0.1) is 5.82 Å². The number of imide groups is 1. The van der Waals surface area contributed by atoms with E-state index in [-0.39, 0.29) is 5.56 Å². The number of halogens is 2. The summed E-state index contributed by atoms with van der Waals surface area (Å²) in [7, 11) is 0. The summed E-state index contributed by atoms with van der Waals surface area (Å²) in [5, 5.41) is 4.56. The number of hydrogen-bond acceptors (Lipinski definition) is 3. The average molecular weight is 347 g/mol. The lowest BCUT2D eigenvalue weighted by Crippen LogP contribution is -2.24. The molecule has 0 atom stereocenters. The summed E-state index contributed by atoms with van der Waals surface area (Å²) in [6.07, 6.45) is 1.16. The summed E-state index contributed by atoms with van der Waals surface area (Å²) >= 11 is 3.15. The molecule has 6 heteroatoms. The minimum Gasteiger partial charge on any atom is -0.267 e. The van der Waals surface area contributed by atoms with Crippen molar-refractivity contribution in [2.75, 3.05) is 0 Å². The first-order valence-electron chi connectivity index (χ1n) is 6.05. The number of hydrazone groups is 1. The summed E-state index contributed by atoms with van der Waals surface area (Å²) in [4.78, 5) is 24.1. The molecule has 0 bridgehead atoms. The van der Waals surface area contributed by atoms with Crippen molar-refractivity contribution >= 4 is 34.0 Å². The Morgan fingerprint density at radius 1 is 1.05 bits per heavy atom. The summed E-state index contributed by atoms with van der Waals surface area (Å²) in [6, 6.07) is 10.9. The van der Waals surface area contributed by atoms with Crippen LogP contribution < -0.4 is 0 Å². The van der Waals surface area contributed by atoms with Crippen molar-refractivity contribution in [2.24, 2.45) is 5.10 Å². The van der Waals surface area contributed by atoms with Crippen LogP contribution in [0.25, 0.3) is 0 Å². The molecular weight excluding hydrogens is 339 g/mol. The number of benzene rings is 2. The van der Waals surface area contributed by atoms with Gasteiger partial charge in [0.1, 0.15) is 5.82 Å². The molecular formula is C15H8BrFN2O2. The third-order valence-corrected chi connectivity index (χ3v) is 3.54. The molecule has 0 saturated carbocycles. The Bertz CT molecular complexity index is 754. The zero-order chi connectivity index (χ0) is 15.0. The van der Waals surface area contributed by atoms with Crippen molar-refractivity contribution in [1.29, 1.82) is 0 Å². The smallest absolute Gasteiger partial charge is 0.267 e. The molecule has 0 spiro atoms. The molecule has 4 nitrogen and oxygen atoms in total. The molecule has 1 heterocycles. The number of nitrogens with zero attached hydrogens (tertiary/aromatic N) is 2. The third kappa shape index (κ3) is 2.38. The predicted molar refractivity (Wildman–Crippen MR) is 78.6 cm³/mol. The Morgan fingerprint density at radius 3 is 2.24 bits per heavy atom. The van der Waals surface area contributed by atoms with Crippen molar-refractivity contribution in [1.82, 2.24) is 5.01 Å². The van der Waals surface area contributed by atoms with E-state index in [0.29, 0.717) is 15.6 Å². The van der Waals surface area contributed by atoms with Gasteiger partial charge in [0.25, 0.3) is 11.8 Å². The van der Waals surface area contributed by atoms with Crippen molar-refractivity contribution in [3.63, 3.8) is 0 Å². The molecule has 104 valence electrons. The molecule has 3 rings (SSSR count). The summed E-state index contributed by atoms with van der Waals surface area (Å²) in [5.74, 6) is -1.52. The van der Waals surface area contributed by atoms with Crippen molar-refractivity contribution < 1.29 is 14.0 Å². The number of carbonyl (C=O) groups is 2. The number of carbonyl (C=O) groups excluding carboxylic acids is 2. The van der Waals surface area contributed by atoms with Gasteiger partial charge in [-0.1, -0.05) is 28.1 Å². The fraction of sp³-hybridized carbons (Fsp3) is 0. The van der Waals surface area contributed by atoms with Gasteiger partial charge in [-0.25, -0.2) is 4.39 Å². The summed E-state index contributed by atoms with van der Waals surface area (Å²) in [5.41, 5.74) is 0.793. The number of hydrogen-bond donors (Lipinski definition) is 0. The standard InChI is InChI=1S/C15H8BrFN2O2/c16-10-6-5-9(13(17)7-10)8-18-19-14(20)11-3-1-2-4-12(11)15(19)21/h1-8H/b18-8-. The van der Waals surface area contributed by atoms with Crippen molar-refractivity contribution in [2.45, 2.75) is 0 Å². The zero-order valence-electron chi connectivity index (χ0n) is 10.6. The monoisotopic (exact) mass is 346 g/mol. The van der Waals surface area contributed by atoms with E-state index >= 15 is 0 Å². The van der Waals surface area contributed by atoms with Gasteiger partial charge < -0.3 is 0 Å². The molecule has 2 aromatic rings. The Hall–Kier alpha value is -2.34. The normalized spacial score (nSPS) is 14.1. The summed E-state index contributed by atoms with van der Waals surface area (Å²) in [6.45, 7) is 0. The van der Waals surface area contributed by atoms with Gasteiger partial charge >= 0.3 is 0 Å². The van der Waals surface area contributed by atoms with Crippen molar-refractivity contribution in [3.05, 3.63) is 69.4 Å². The largest absolute Gasteiger partial charge is 0.282 e. The maximum absolute atomic E-state index is 13.7. The van der Waals surface area contributed by atoms with E-state index in [4.69, 9.17) is 0 Å². The lowest BCUT2D eigenvalue weighted by Gasteiger charge is -2.05. The van der Waals surface area contributed by atoms with Crippen molar-refractivity contribution in [3.8, 4) is 0 Å². The molecule has 0 saturated heterocycles. The maximum Gasteiger partial charge on any atom is 0.282 e. The highest BCUT2D eigenvalue weighted by molar-refractivity contribution is 9.10. The number of fused-ring (bicyclic) bond motifs is 1. The predicted octanol–water partition coefficient (Wildman–Crippen LogP) is 3.22. The second-order valence-corrected chi connectivity index (χ2v) is 5.29. The van der Waals surface area contributed by atoms with Crippen LogP contribution in [0.15, 0.2) is 52.0 Å². The average Bonchev–Trinajstić information content (AvgIpc) is 2.71. The highest BCUT2D eigenvalue weighted by Gasteiger charge is 2.35. The molecule has 0 N–H and O–H groups in total. The third-order valence-electron chi connectivity index (χ3n) is 3.05. The SMILES string of the molecule is O=C1c2ccccc2C(=O)N1/N=C\c1ccc(Br)cc1F. The molecule has 0 fully saturated rings. The van der Waals surface area contributed by atoms with E-state index < -0.39 is 17.6 Å². The molecule has 1 aliphatic rings. The van der Waals surface area contributed by atoms with Crippen LogP contribution in [0.5, 0.6) is 0 Å². The number of rotatable bonds is 2. The maximum atomic E-state index is 13.7. The minimum absolute atomic E-state index is 0.190. The summed E-state index contributed by atoms with van der Waals surface area (Å²) < 4.78 is 14.3. The molecule has 0 aromatic heterocycles. The molecule has 21 heavy (non-hydrogen) atoms. The van der Waals surface area contributed by atoms with Gasteiger partial charge in [0.05, 0.1) is 17.3 Å². The first-order valence-corrected chi connectivity index (χ1v) is 6.84. The lowest BCUT2D eigenvalue weighted by atomic mass is 10.1. The van der Waals surface area contributed by atoms with Gasteiger partial charge in [-0.2, -0.15) is 10.1 Å². The molecule has 0 unspecified atom stereocenters. The van der Waals surface area contributed by atoms with Crippen LogP contribution in [0.2, 0.25) is 0 Å². The van der Waals surface area contributed by atoms with E-state index in [9.17, 15) is 14.0 Å². The fourth-order valence-corrected chi connectivity index (χ4v) is 2.34. The lowest BCUT2D eigenvalue weighted by molar-refractivity contribution is 0.0660. The fourth-order valence-electron chi connectivity index (χ4n) is 2.01. The van der Waals surface area contributed by atoms with Gasteiger partial charge in [-0.3, -0.25) is 9.59 Å². The van der Waals surface area contributed by atoms with Gasteiger partial charge in [0.15, 0.2) is 0 Å². The van der Waals surface area contributed by atoms with Crippen LogP contribution in [0.3, 0.4) is 0 Å². The van der Waals surface area contributed by atoms with Crippen LogP contribution in [0.4, 0.5) is 4.39 Å². The quantitative estimate of drug-likeness (QED) is 0.619. The molecule has 0 radical (unpaired) electrons. The van der Waals surface area contributed by atoms with E-state index in [2.05, 4.69) is 21.0 Å². The molecule has 2 amide bonds. The van der Waals surface area contributed by atoms with Crippen LogP contribution >= 0.6 is 15.9 Å². The zero-order valence-corrected chi connectivity index (χ0v) is 12.2. The van der Waals surface area contributed by atoms with E-state index in [1.165, 1.54) is 12.1 Å². The topological polar surface area (TPSA) is 49.7 Å². The second kappa shape index (κ2) is 5.21. The van der Waals surface area contributed by atoms with E-state index in [1.54, 1.807) is 30.3 Å². The van der Waals surface area contributed by atoms with E-state index in [1.807, 2.05) is 0 Å². The first-order chi connectivity index (χ1) is 10.1. The second-order valence-electron chi connectivity index (χ2n) is 4.38. The van der Waals surface area contributed by atoms with Crippen LogP contribution in [-0.4, -0.2) is 23.0 Å². The Labute approximate surface area is 128 Å². The van der Waals surface area contributed by atoms with Gasteiger partial charge in [-0.15, -0.1) is 0 Å². The van der Waals surface area contributed by atoms with E-state index in [0.717, 1.165) is 11.2 Å². The molecule has 0 aliphatic carbocycles. The highest BCUT2D eigenvalue weighted by atomic mass is 79.9. The Kier molecular flexibility index (Phi) is 3.39.